The van der Waals surface area contributed by atoms with Crippen molar-refractivity contribution in [1.82, 2.24) is 9.97 Å². The number of alkyl halides is 2. The fourth-order valence-electron chi connectivity index (χ4n) is 4.51. The van der Waals surface area contributed by atoms with Crippen LogP contribution in [0.1, 0.15) is 42.5 Å². The monoisotopic (exact) mass is 458 g/mol. The van der Waals surface area contributed by atoms with Gasteiger partial charge in [0.25, 0.3) is 5.92 Å². The lowest BCUT2D eigenvalue weighted by Crippen LogP contribution is -2.40. The maximum Gasteiger partial charge on any atom is 0.339 e. The number of rotatable bonds is 4. The highest BCUT2D eigenvalue weighted by Crippen LogP contribution is 2.43. The summed E-state index contributed by atoms with van der Waals surface area (Å²) in [7, 11) is 0. The van der Waals surface area contributed by atoms with Gasteiger partial charge in [-0.2, -0.15) is 4.98 Å². The molecule has 32 heavy (non-hydrogen) atoms. The lowest BCUT2D eigenvalue weighted by Gasteiger charge is -2.35. The van der Waals surface area contributed by atoms with Gasteiger partial charge in [-0.15, -0.1) is 0 Å². The van der Waals surface area contributed by atoms with Gasteiger partial charge >= 0.3 is 5.97 Å². The normalized spacial score (nSPS) is 18.8. The lowest BCUT2D eigenvalue weighted by molar-refractivity contribution is -0.0220. The number of pyridine rings is 1. The first-order valence-corrected chi connectivity index (χ1v) is 11.8. The topological polar surface area (TPSA) is 69.6 Å². The molecule has 1 aromatic carbocycles. The Labute approximate surface area is 188 Å². The number of nitrogens with zero attached hydrogens (tertiary/aromatic N) is 4. The number of hydrogen-bond acceptors (Lipinski definition) is 6. The van der Waals surface area contributed by atoms with Crippen molar-refractivity contribution >= 4 is 38.5 Å². The zero-order valence-corrected chi connectivity index (χ0v) is 18.4. The number of carboxylic acids is 1. The third kappa shape index (κ3) is 3.90. The summed E-state index contributed by atoms with van der Waals surface area (Å²) in [5.41, 5.74) is 2.16. The van der Waals surface area contributed by atoms with Gasteiger partial charge in [0.15, 0.2) is 10.8 Å². The number of halogens is 2. The van der Waals surface area contributed by atoms with E-state index in [1.54, 1.807) is 4.90 Å². The molecule has 0 saturated carbocycles. The number of anilines is 2. The zero-order valence-electron chi connectivity index (χ0n) is 17.6. The van der Waals surface area contributed by atoms with Gasteiger partial charge in [0.2, 0.25) is 0 Å². The molecule has 2 aromatic heterocycles. The smallest absolute Gasteiger partial charge is 0.339 e. The number of fused-ring (bicyclic) bond motifs is 1. The summed E-state index contributed by atoms with van der Waals surface area (Å²) in [5.74, 6) is -3.81. The number of benzene rings is 1. The molecule has 0 unspecified atom stereocenters. The van der Waals surface area contributed by atoms with E-state index in [0.29, 0.717) is 21.7 Å². The van der Waals surface area contributed by atoms with Crippen molar-refractivity contribution in [2.24, 2.45) is 0 Å². The number of hydrogen-bond donors (Lipinski definition) is 1. The van der Waals surface area contributed by atoms with Gasteiger partial charge in [0.05, 0.1) is 16.1 Å². The van der Waals surface area contributed by atoms with E-state index in [1.165, 1.54) is 17.8 Å². The SMILES string of the molecule is O=C(O)c1c(N2CCC(F)(F)CC2)c(-c2ccccc2)nc2nc(N3CCCCC3)sc12. The van der Waals surface area contributed by atoms with Crippen molar-refractivity contribution in [1.29, 1.82) is 0 Å². The van der Waals surface area contributed by atoms with E-state index in [4.69, 9.17) is 9.97 Å². The number of carbonyl (C=O) groups is 1. The second kappa shape index (κ2) is 8.27. The highest BCUT2D eigenvalue weighted by molar-refractivity contribution is 7.22. The van der Waals surface area contributed by atoms with Crippen LogP contribution in [-0.4, -0.2) is 53.1 Å². The Hall–Kier alpha value is -2.81. The van der Waals surface area contributed by atoms with E-state index in [2.05, 4.69) is 4.90 Å². The van der Waals surface area contributed by atoms with Crippen molar-refractivity contribution < 1.29 is 18.7 Å². The minimum Gasteiger partial charge on any atom is -0.478 e. The molecule has 9 heteroatoms. The molecule has 0 bridgehead atoms. The van der Waals surface area contributed by atoms with E-state index < -0.39 is 11.9 Å². The van der Waals surface area contributed by atoms with E-state index in [0.717, 1.165) is 36.6 Å². The Morgan fingerprint density at radius 1 is 0.969 bits per heavy atom. The first-order chi connectivity index (χ1) is 15.4. The highest BCUT2D eigenvalue weighted by atomic mass is 32.1. The summed E-state index contributed by atoms with van der Waals surface area (Å²) in [4.78, 5) is 26.0. The molecule has 0 spiro atoms. The molecule has 168 valence electrons. The standard InChI is InChI=1S/C23H24F2N4O2S/c24-23(25)9-13-28(14-10-23)18-16(21(30)31)19-20(26-17(18)15-7-3-1-4-8-15)27-22(32-19)29-11-5-2-6-12-29/h1,3-4,7-8H,2,5-6,9-14H2,(H,30,31). The van der Waals surface area contributed by atoms with Crippen LogP contribution in [0.5, 0.6) is 0 Å². The molecule has 2 saturated heterocycles. The van der Waals surface area contributed by atoms with Crippen molar-refractivity contribution in [2.75, 3.05) is 36.0 Å². The van der Waals surface area contributed by atoms with Crippen LogP contribution < -0.4 is 9.80 Å². The summed E-state index contributed by atoms with van der Waals surface area (Å²) in [6.45, 7) is 1.94. The highest BCUT2D eigenvalue weighted by Gasteiger charge is 2.37. The number of carboxylic acid groups (broad SMARTS) is 1. The average Bonchev–Trinajstić information content (AvgIpc) is 3.23. The molecular formula is C23H24F2N4O2S. The van der Waals surface area contributed by atoms with E-state index >= 15 is 0 Å². The van der Waals surface area contributed by atoms with E-state index in [9.17, 15) is 18.7 Å². The third-order valence-electron chi connectivity index (χ3n) is 6.20. The summed E-state index contributed by atoms with van der Waals surface area (Å²) < 4.78 is 28.2. The summed E-state index contributed by atoms with van der Waals surface area (Å²) in [6, 6.07) is 9.31. The van der Waals surface area contributed by atoms with Crippen LogP contribution in [0, 0.1) is 0 Å². The van der Waals surface area contributed by atoms with Gasteiger partial charge in [-0.05, 0) is 19.3 Å². The summed E-state index contributed by atoms with van der Waals surface area (Å²) in [6.07, 6.45) is 2.73. The molecule has 6 nitrogen and oxygen atoms in total. The van der Waals surface area contributed by atoms with Crippen molar-refractivity contribution in [3.05, 3.63) is 35.9 Å². The number of aromatic carboxylic acids is 1. The van der Waals surface area contributed by atoms with Gasteiger partial charge in [-0.1, -0.05) is 41.7 Å². The van der Waals surface area contributed by atoms with E-state index in [1.807, 2.05) is 30.3 Å². The van der Waals surface area contributed by atoms with Crippen LogP contribution >= 0.6 is 11.3 Å². The Morgan fingerprint density at radius 2 is 1.66 bits per heavy atom. The lowest BCUT2D eigenvalue weighted by atomic mass is 10.0. The zero-order chi connectivity index (χ0) is 22.3. The van der Waals surface area contributed by atoms with Crippen LogP contribution in [0.3, 0.4) is 0 Å². The maximum absolute atomic E-state index is 13.9. The number of piperidine rings is 2. The average molecular weight is 459 g/mol. The second-order valence-corrected chi connectivity index (χ2v) is 9.37. The molecule has 2 fully saturated rings. The molecule has 0 atom stereocenters. The molecule has 1 N–H and O–H groups in total. The predicted octanol–water partition coefficient (Wildman–Crippen LogP) is 5.28. The maximum atomic E-state index is 13.9. The molecule has 0 amide bonds. The molecule has 2 aliphatic heterocycles. The quantitative estimate of drug-likeness (QED) is 0.574. The first-order valence-electron chi connectivity index (χ1n) is 10.9. The minimum atomic E-state index is -2.73. The van der Waals surface area contributed by atoms with Crippen LogP contribution in [0.25, 0.3) is 21.6 Å². The molecule has 0 radical (unpaired) electrons. The van der Waals surface area contributed by atoms with Gasteiger partial charge in [0, 0.05) is 44.6 Å². The first kappa shape index (κ1) is 21.1. The fourth-order valence-corrected chi connectivity index (χ4v) is 5.60. The Morgan fingerprint density at radius 3 is 2.31 bits per heavy atom. The Balaban J connectivity index is 1.71. The largest absolute Gasteiger partial charge is 0.478 e. The van der Waals surface area contributed by atoms with Crippen molar-refractivity contribution in [3.8, 4) is 11.3 Å². The van der Waals surface area contributed by atoms with E-state index in [-0.39, 0.29) is 31.5 Å². The summed E-state index contributed by atoms with van der Waals surface area (Å²) in [5, 5.41) is 11.0. The Bertz CT molecular complexity index is 1140. The third-order valence-corrected chi connectivity index (χ3v) is 7.33. The van der Waals surface area contributed by atoms with Crippen LogP contribution in [-0.2, 0) is 0 Å². The molecule has 3 aromatic rings. The predicted molar refractivity (Wildman–Crippen MR) is 122 cm³/mol. The fraction of sp³-hybridized carbons (Fsp3) is 0.435. The summed E-state index contributed by atoms with van der Waals surface area (Å²) >= 11 is 1.34. The van der Waals surface area contributed by atoms with Gasteiger partial charge in [0.1, 0.15) is 5.56 Å². The molecule has 4 heterocycles. The van der Waals surface area contributed by atoms with Crippen LogP contribution in [0.4, 0.5) is 19.6 Å². The van der Waals surface area contributed by atoms with Crippen molar-refractivity contribution in [3.63, 3.8) is 0 Å². The molecular weight excluding hydrogens is 434 g/mol. The second-order valence-electron chi connectivity index (χ2n) is 8.40. The minimum absolute atomic E-state index is 0.0814. The van der Waals surface area contributed by atoms with Crippen molar-refractivity contribution in [2.45, 2.75) is 38.0 Å². The van der Waals surface area contributed by atoms with Gasteiger partial charge in [-0.3, -0.25) is 0 Å². The molecule has 0 aliphatic carbocycles. The van der Waals surface area contributed by atoms with Gasteiger partial charge in [-0.25, -0.2) is 18.6 Å². The number of aromatic nitrogens is 2. The Kier molecular flexibility index (Phi) is 5.44. The van der Waals surface area contributed by atoms with Crippen LogP contribution in [0.2, 0.25) is 0 Å². The van der Waals surface area contributed by atoms with Crippen LogP contribution in [0.15, 0.2) is 30.3 Å². The number of thiazole rings is 1. The molecule has 5 rings (SSSR count). The molecule has 2 aliphatic rings. The van der Waals surface area contributed by atoms with Gasteiger partial charge < -0.3 is 14.9 Å².